The summed E-state index contributed by atoms with van der Waals surface area (Å²) in [5, 5.41) is 15.6. The Bertz CT molecular complexity index is 362. The van der Waals surface area contributed by atoms with Gasteiger partial charge in [-0.25, -0.2) is 4.79 Å². The molecule has 14 heavy (non-hydrogen) atoms. The summed E-state index contributed by atoms with van der Waals surface area (Å²) in [6.45, 7) is 3.43. The summed E-state index contributed by atoms with van der Waals surface area (Å²) in [4.78, 5) is 10.2. The van der Waals surface area contributed by atoms with Gasteiger partial charge in [0.15, 0.2) is 0 Å². The van der Waals surface area contributed by atoms with Crippen LogP contribution >= 0.6 is 0 Å². The van der Waals surface area contributed by atoms with Crippen LogP contribution in [0, 0.1) is 0 Å². The Labute approximate surface area is 80.4 Å². The Morgan fingerprint density at radius 1 is 1.57 bits per heavy atom. The lowest BCUT2D eigenvalue weighted by atomic mass is 10.1. The van der Waals surface area contributed by atoms with Crippen LogP contribution in [-0.2, 0) is 10.3 Å². The van der Waals surface area contributed by atoms with Crippen molar-refractivity contribution in [2.24, 2.45) is 5.73 Å². The van der Waals surface area contributed by atoms with Crippen molar-refractivity contribution in [3.63, 3.8) is 0 Å². The third-order valence-electron chi connectivity index (χ3n) is 1.36. The molecule has 0 spiro atoms. The molecule has 3 N–H and O–H groups in total. The summed E-state index contributed by atoms with van der Waals surface area (Å²) in [5.41, 5.74) is 4.97. The second-order valence-corrected chi connectivity index (χ2v) is 3.34. The van der Waals surface area contributed by atoms with Crippen LogP contribution in [0.25, 0.3) is 6.08 Å². The van der Waals surface area contributed by atoms with Crippen LogP contribution in [0.15, 0.2) is 10.5 Å². The average molecular weight is 197 g/mol. The second-order valence-electron chi connectivity index (χ2n) is 3.34. The minimum atomic E-state index is -1.07. The minimum Gasteiger partial charge on any atom is -0.478 e. The zero-order chi connectivity index (χ0) is 10.8. The number of carboxylic acid groups (broad SMARTS) is 1. The van der Waals surface area contributed by atoms with E-state index in [2.05, 4.69) is 10.2 Å². The Balaban J connectivity index is 2.84. The molecule has 0 amide bonds. The van der Waals surface area contributed by atoms with Crippen molar-refractivity contribution in [1.82, 2.24) is 10.2 Å². The predicted octanol–water partition coefficient (Wildman–Crippen LogP) is 0.361. The van der Waals surface area contributed by atoms with E-state index in [-0.39, 0.29) is 11.8 Å². The zero-order valence-corrected chi connectivity index (χ0v) is 7.89. The average Bonchev–Trinajstić information content (AvgIpc) is 2.47. The van der Waals surface area contributed by atoms with Gasteiger partial charge in [-0.15, -0.1) is 10.2 Å². The number of rotatable bonds is 3. The lowest BCUT2D eigenvalue weighted by Gasteiger charge is -2.11. The molecule has 0 unspecified atom stereocenters. The molecule has 1 aromatic rings. The number of nitrogens with zero attached hydrogens (tertiary/aromatic N) is 2. The van der Waals surface area contributed by atoms with Crippen LogP contribution in [0.5, 0.6) is 0 Å². The monoisotopic (exact) mass is 197 g/mol. The van der Waals surface area contributed by atoms with Crippen LogP contribution in [0.2, 0.25) is 0 Å². The highest BCUT2D eigenvalue weighted by Gasteiger charge is 2.21. The van der Waals surface area contributed by atoms with Crippen molar-refractivity contribution in [1.29, 1.82) is 0 Å². The molecular weight excluding hydrogens is 186 g/mol. The molecular formula is C8H11N3O3. The van der Waals surface area contributed by atoms with Gasteiger partial charge in [-0.3, -0.25) is 0 Å². The quantitative estimate of drug-likeness (QED) is 0.678. The molecule has 0 saturated heterocycles. The third-order valence-corrected chi connectivity index (χ3v) is 1.36. The second kappa shape index (κ2) is 3.59. The molecule has 0 aliphatic heterocycles. The maximum absolute atomic E-state index is 10.2. The van der Waals surface area contributed by atoms with Gasteiger partial charge in [0.05, 0.1) is 5.54 Å². The lowest BCUT2D eigenvalue weighted by Crippen LogP contribution is -2.29. The van der Waals surface area contributed by atoms with E-state index >= 15 is 0 Å². The number of hydrogen-bond acceptors (Lipinski definition) is 5. The summed E-state index contributed by atoms with van der Waals surface area (Å²) in [7, 11) is 0. The van der Waals surface area contributed by atoms with E-state index in [1.807, 2.05) is 0 Å². The van der Waals surface area contributed by atoms with Crippen molar-refractivity contribution in [2.45, 2.75) is 19.4 Å². The van der Waals surface area contributed by atoms with Gasteiger partial charge in [0.2, 0.25) is 11.8 Å². The first kappa shape index (κ1) is 10.4. The molecule has 0 aliphatic rings. The summed E-state index contributed by atoms with van der Waals surface area (Å²) in [6.07, 6.45) is 2.13. The van der Waals surface area contributed by atoms with Gasteiger partial charge in [0.1, 0.15) is 0 Å². The van der Waals surface area contributed by atoms with Crippen LogP contribution in [-0.4, -0.2) is 21.3 Å². The highest BCUT2D eigenvalue weighted by atomic mass is 16.4. The van der Waals surface area contributed by atoms with E-state index in [9.17, 15) is 4.79 Å². The van der Waals surface area contributed by atoms with E-state index < -0.39 is 11.5 Å². The lowest BCUT2D eigenvalue weighted by molar-refractivity contribution is -0.131. The molecule has 0 aliphatic carbocycles. The first-order valence-corrected chi connectivity index (χ1v) is 3.93. The van der Waals surface area contributed by atoms with E-state index in [1.54, 1.807) is 13.8 Å². The zero-order valence-electron chi connectivity index (χ0n) is 7.89. The molecule has 1 rings (SSSR count). The minimum absolute atomic E-state index is 0.126. The van der Waals surface area contributed by atoms with Crippen molar-refractivity contribution in [3.05, 3.63) is 17.9 Å². The Hall–Kier alpha value is -1.69. The number of aromatic nitrogens is 2. The largest absolute Gasteiger partial charge is 0.478 e. The van der Waals surface area contributed by atoms with E-state index in [0.29, 0.717) is 0 Å². The van der Waals surface area contributed by atoms with Gasteiger partial charge in [0.25, 0.3) is 0 Å². The van der Waals surface area contributed by atoms with E-state index in [1.165, 1.54) is 6.08 Å². The highest BCUT2D eigenvalue weighted by molar-refractivity contribution is 5.84. The van der Waals surface area contributed by atoms with Crippen molar-refractivity contribution >= 4 is 12.0 Å². The summed E-state index contributed by atoms with van der Waals surface area (Å²) in [5.74, 6) is -0.680. The number of carboxylic acids is 1. The Morgan fingerprint density at radius 3 is 2.64 bits per heavy atom. The van der Waals surface area contributed by atoms with E-state index in [4.69, 9.17) is 15.3 Å². The van der Waals surface area contributed by atoms with Crippen LogP contribution in [0.3, 0.4) is 0 Å². The molecule has 0 fully saturated rings. The maximum atomic E-state index is 10.2. The molecule has 0 radical (unpaired) electrons. The smallest absolute Gasteiger partial charge is 0.328 e. The molecule has 0 saturated carbocycles. The van der Waals surface area contributed by atoms with Gasteiger partial charge in [0, 0.05) is 12.2 Å². The summed E-state index contributed by atoms with van der Waals surface area (Å²) < 4.78 is 5.10. The molecule has 6 nitrogen and oxygen atoms in total. The number of aliphatic carboxylic acids is 1. The van der Waals surface area contributed by atoms with Gasteiger partial charge in [-0.05, 0) is 13.8 Å². The van der Waals surface area contributed by atoms with Gasteiger partial charge in [-0.1, -0.05) is 0 Å². The molecule has 0 bridgehead atoms. The topological polar surface area (TPSA) is 102 Å². The van der Waals surface area contributed by atoms with Crippen LogP contribution in [0.4, 0.5) is 0 Å². The first-order valence-electron chi connectivity index (χ1n) is 3.93. The van der Waals surface area contributed by atoms with E-state index in [0.717, 1.165) is 6.08 Å². The van der Waals surface area contributed by atoms with Crippen LogP contribution in [0.1, 0.15) is 25.6 Å². The molecule has 0 aromatic carbocycles. The SMILES string of the molecule is CC(C)(N)c1nnc(/C=C/C(=O)O)o1. The molecule has 1 heterocycles. The van der Waals surface area contributed by atoms with Gasteiger partial charge >= 0.3 is 5.97 Å². The fourth-order valence-electron chi connectivity index (χ4n) is 0.705. The fourth-order valence-corrected chi connectivity index (χ4v) is 0.705. The van der Waals surface area contributed by atoms with Gasteiger partial charge < -0.3 is 15.3 Å². The predicted molar refractivity (Wildman–Crippen MR) is 48.2 cm³/mol. The molecule has 6 heteroatoms. The normalized spacial score (nSPS) is 12.2. The standard InChI is InChI=1S/C8H11N3O3/c1-8(2,9)7-11-10-5(14-7)3-4-6(12)13/h3-4H,9H2,1-2H3,(H,12,13)/b4-3+. The number of carbonyl (C=O) groups is 1. The Kier molecular flexibility index (Phi) is 2.66. The summed E-state index contributed by atoms with van der Waals surface area (Å²) in [6, 6.07) is 0. The Morgan fingerprint density at radius 2 is 2.21 bits per heavy atom. The maximum Gasteiger partial charge on any atom is 0.328 e. The fraction of sp³-hybridized carbons (Fsp3) is 0.375. The summed E-state index contributed by atoms with van der Waals surface area (Å²) >= 11 is 0. The molecule has 0 atom stereocenters. The van der Waals surface area contributed by atoms with Crippen molar-refractivity contribution < 1.29 is 14.3 Å². The first-order chi connectivity index (χ1) is 6.39. The number of hydrogen-bond donors (Lipinski definition) is 2. The van der Waals surface area contributed by atoms with Crippen molar-refractivity contribution in [2.75, 3.05) is 0 Å². The highest BCUT2D eigenvalue weighted by Crippen LogP contribution is 2.15. The molecule has 1 aromatic heterocycles. The third kappa shape index (κ3) is 2.67. The van der Waals surface area contributed by atoms with Gasteiger partial charge in [-0.2, -0.15) is 0 Å². The van der Waals surface area contributed by atoms with Crippen LogP contribution < -0.4 is 5.73 Å². The number of nitrogens with two attached hydrogens (primary N) is 1. The molecule has 76 valence electrons. The van der Waals surface area contributed by atoms with Crippen molar-refractivity contribution in [3.8, 4) is 0 Å².